The fraction of sp³-hybridized carbons (Fsp3) is 0.333. The van der Waals surface area contributed by atoms with Crippen LogP contribution in [0.5, 0.6) is 0 Å². The van der Waals surface area contributed by atoms with E-state index in [4.69, 9.17) is 4.99 Å². The molecule has 0 spiro atoms. The minimum Gasteiger partial charge on any atom is -0.283 e. The third-order valence-electron chi connectivity index (χ3n) is 5.94. The summed E-state index contributed by atoms with van der Waals surface area (Å²) in [7, 11) is 0. The summed E-state index contributed by atoms with van der Waals surface area (Å²) in [5.41, 5.74) is 2.10. The number of benzene rings is 2. The number of nitrogens with zero attached hydrogens (tertiary/aromatic N) is 3. The Bertz CT molecular complexity index is 1060. The molecule has 31 heavy (non-hydrogen) atoms. The molecule has 2 fully saturated rings. The number of carbonyl (C=O) groups excluding carboxylic acids is 1. The molecule has 1 heterocycles. The van der Waals surface area contributed by atoms with Crippen LogP contribution in [-0.2, 0) is 4.79 Å². The Labute approximate surface area is 186 Å². The first-order valence-electron chi connectivity index (χ1n) is 10.6. The van der Waals surface area contributed by atoms with Gasteiger partial charge in [0.25, 0.3) is 11.6 Å². The minimum absolute atomic E-state index is 0.0562. The molecule has 2 aromatic carbocycles. The lowest BCUT2D eigenvalue weighted by molar-refractivity contribution is -0.385. The number of thioether (sulfide) groups is 1. The number of nitro benzene ring substituents is 1. The lowest BCUT2D eigenvalue weighted by Gasteiger charge is -2.35. The van der Waals surface area contributed by atoms with Gasteiger partial charge in [-0.2, -0.15) is 0 Å². The van der Waals surface area contributed by atoms with Gasteiger partial charge in [-0.15, -0.1) is 0 Å². The highest BCUT2D eigenvalue weighted by Gasteiger charge is 2.41. The zero-order valence-corrected chi connectivity index (χ0v) is 18.5. The largest absolute Gasteiger partial charge is 0.283 e. The van der Waals surface area contributed by atoms with Crippen LogP contribution >= 0.6 is 11.8 Å². The number of hydrogen-bond donors (Lipinski definition) is 0. The number of amides is 1. The molecule has 1 amide bonds. The van der Waals surface area contributed by atoms with Gasteiger partial charge in [-0.1, -0.05) is 50.1 Å². The highest BCUT2D eigenvalue weighted by atomic mass is 32.2. The summed E-state index contributed by atoms with van der Waals surface area (Å²) >= 11 is 1.35. The third-order valence-corrected chi connectivity index (χ3v) is 6.93. The van der Waals surface area contributed by atoms with E-state index in [0.29, 0.717) is 27.1 Å². The molecule has 0 N–H and O–H groups in total. The Morgan fingerprint density at radius 2 is 1.90 bits per heavy atom. The van der Waals surface area contributed by atoms with Crippen LogP contribution in [0, 0.1) is 23.0 Å². The second-order valence-electron chi connectivity index (χ2n) is 8.15. The lowest BCUT2D eigenvalue weighted by Crippen LogP contribution is -2.44. The summed E-state index contributed by atoms with van der Waals surface area (Å²) in [5, 5.41) is 12.0. The molecule has 7 heteroatoms. The van der Waals surface area contributed by atoms with Gasteiger partial charge in [0.2, 0.25) is 0 Å². The number of aryl methyl sites for hydroxylation is 1. The molecule has 160 valence electrons. The van der Waals surface area contributed by atoms with Crippen molar-refractivity contribution in [1.82, 2.24) is 4.90 Å². The predicted molar refractivity (Wildman–Crippen MR) is 125 cm³/mol. The van der Waals surface area contributed by atoms with Gasteiger partial charge in [0, 0.05) is 17.7 Å². The summed E-state index contributed by atoms with van der Waals surface area (Å²) in [6.45, 7) is 3.91. The van der Waals surface area contributed by atoms with Gasteiger partial charge in [-0.25, -0.2) is 4.99 Å². The fourth-order valence-electron chi connectivity index (χ4n) is 4.21. The van der Waals surface area contributed by atoms with Gasteiger partial charge in [-0.3, -0.25) is 19.8 Å². The highest BCUT2D eigenvalue weighted by molar-refractivity contribution is 8.18. The van der Waals surface area contributed by atoms with E-state index < -0.39 is 0 Å². The number of hydrogen-bond acceptors (Lipinski definition) is 5. The molecule has 0 unspecified atom stereocenters. The van der Waals surface area contributed by atoms with Crippen molar-refractivity contribution in [3.63, 3.8) is 0 Å². The second-order valence-corrected chi connectivity index (χ2v) is 9.16. The van der Waals surface area contributed by atoms with Crippen LogP contribution in [0.4, 0.5) is 11.4 Å². The molecule has 4 rings (SSSR count). The van der Waals surface area contributed by atoms with Crippen LogP contribution in [0.3, 0.4) is 0 Å². The highest BCUT2D eigenvalue weighted by Crippen LogP contribution is 2.40. The zero-order chi connectivity index (χ0) is 22.0. The lowest BCUT2D eigenvalue weighted by atomic mass is 9.85. The van der Waals surface area contributed by atoms with E-state index in [-0.39, 0.29) is 22.6 Å². The van der Waals surface area contributed by atoms with E-state index >= 15 is 0 Å². The maximum atomic E-state index is 13.5. The maximum Gasteiger partial charge on any atom is 0.272 e. The molecule has 1 saturated carbocycles. The van der Waals surface area contributed by atoms with E-state index in [2.05, 4.69) is 6.92 Å². The molecule has 2 atom stereocenters. The Hall–Kier alpha value is -2.93. The number of rotatable bonds is 4. The van der Waals surface area contributed by atoms with Gasteiger partial charge in [0.05, 0.1) is 15.5 Å². The molecule has 0 aromatic heterocycles. The average molecular weight is 436 g/mol. The first kappa shape index (κ1) is 21.3. The second kappa shape index (κ2) is 9.06. The Kier molecular flexibility index (Phi) is 6.23. The maximum absolute atomic E-state index is 13.5. The Morgan fingerprint density at radius 3 is 2.61 bits per heavy atom. The van der Waals surface area contributed by atoms with Crippen LogP contribution in [-0.4, -0.2) is 26.9 Å². The molecule has 6 nitrogen and oxygen atoms in total. The van der Waals surface area contributed by atoms with Crippen molar-refractivity contribution in [3.05, 3.63) is 74.7 Å². The number of para-hydroxylation sites is 1. The van der Waals surface area contributed by atoms with Gasteiger partial charge in [0.15, 0.2) is 5.17 Å². The van der Waals surface area contributed by atoms with E-state index in [1.54, 1.807) is 19.1 Å². The van der Waals surface area contributed by atoms with E-state index in [0.717, 1.165) is 24.9 Å². The molecule has 0 bridgehead atoms. The molecule has 1 saturated heterocycles. The van der Waals surface area contributed by atoms with Crippen LogP contribution in [0.15, 0.2) is 58.4 Å². The van der Waals surface area contributed by atoms with Gasteiger partial charge >= 0.3 is 0 Å². The average Bonchev–Trinajstić information content (AvgIpc) is 3.05. The van der Waals surface area contributed by atoms with E-state index in [9.17, 15) is 14.9 Å². The van der Waals surface area contributed by atoms with Crippen molar-refractivity contribution in [2.24, 2.45) is 10.9 Å². The summed E-state index contributed by atoms with van der Waals surface area (Å²) in [4.78, 5) is 31.6. The fourth-order valence-corrected chi connectivity index (χ4v) is 5.26. The van der Waals surface area contributed by atoms with Crippen LogP contribution in [0.2, 0.25) is 0 Å². The standard InChI is InChI=1S/C24H25N3O3S/c1-16-8-6-7-11-20(16)26-23(28)22(31-24(26)25-19-9-4-3-5-10-19)15-18-13-12-17(2)21(14-18)27(29)30/h3-5,9-10,12-16,20H,6-8,11H2,1-2H3/b22-15-,25-24?/t16-,20+/m1/s1. The summed E-state index contributed by atoms with van der Waals surface area (Å²) < 4.78 is 0. The molecular formula is C24H25N3O3S. The van der Waals surface area contributed by atoms with Crippen molar-refractivity contribution in [3.8, 4) is 0 Å². The molecule has 2 aromatic rings. The van der Waals surface area contributed by atoms with E-state index in [1.807, 2.05) is 41.3 Å². The van der Waals surface area contributed by atoms with Crippen LogP contribution < -0.4 is 0 Å². The van der Waals surface area contributed by atoms with Crippen LogP contribution in [0.25, 0.3) is 6.08 Å². The van der Waals surface area contributed by atoms with Gasteiger partial charge in [0.1, 0.15) is 0 Å². The van der Waals surface area contributed by atoms with Gasteiger partial charge in [-0.05, 0) is 61.2 Å². The first-order valence-corrected chi connectivity index (χ1v) is 11.4. The van der Waals surface area contributed by atoms with Crippen molar-refractivity contribution in [1.29, 1.82) is 0 Å². The number of nitro groups is 1. The summed E-state index contributed by atoms with van der Waals surface area (Å²) in [5.74, 6) is 0.334. The predicted octanol–water partition coefficient (Wildman–Crippen LogP) is 6.09. The topological polar surface area (TPSA) is 75.8 Å². The molecule has 1 aliphatic carbocycles. The molecule has 1 aliphatic heterocycles. The quantitative estimate of drug-likeness (QED) is 0.331. The normalized spacial score (nSPS) is 24.2. The Morgan fingerprint density at radius 1 is 1.16 bits per heavy atom. The van der Waals surface area contributed by atoms with Gasteiger partial charge < -0.3 is 0 Å². The first-order chi connectivity index (χ1) is 14.9. The van der Waals surface area contributed by atoms with E-state index in [1.165, 1.54) is 24.2 Å². The molecule has 0 radical (unpaired) electrons. The monoisotopic (exact) mass is 435 g/mol. The third kappa shape index (κ3) is 4.56. The SMILES string of the molecule is Cc1ccc(/C=C2\SC(=Nc3ccccc3)N([C@H]3CCCC[C@H]3C)C2=O)cc1[N+](=O)[O-]. The number of amidine groups is 1. The summed E-state index contributed by atoms with van der Waals surface area (Å²) in [6, 6.07) is 14.8. The Balaban J connectivity index is 1.73. The zero-order valence-electron chi connectivity index (χ0n) is 17.7. The van der Waals surface area contributed by atoms with Crippen LogP contribution in [0.1, 0.15) is 43.7 Å². The molecular weight excluding hydrogens is 410 g/mol. The van der Waals surface area contributed by atoms with Crippen molar-refractivity contribution < 1.29 is 9.72 Å². The van der Waals surface area contributed by atoms with Crippen molar-refractivity contribution in [2.45, 2.75) is 45.6 Å². The minimum atomic E-state index is -0.390. The van der Waals surface area contributed by atoms with Crippen molar-refractivity contribution in [2.75, 3.05) is 0 Å². The number of aliphatic imine (C=N–C) groups is 1. The van der Waals surface area contributed by atoms with Crippen molar-refractivity contribution >= 4 is 40.3 Å². The summed E-state index contributed by atoms with van der Waals surface area (Å²) in [6.07, 6.45) is 6.10. The smallest absolute Gasteiger partial charge is 0.272 e. The molecule has 2 aliphatic rings. The number of carbonyl (C=O) groups is 1.